The summed E-state index contributed by atoms with van der Waals surface area (Å²) in [6.45, 7) is 0. The summed E-state index contributed by atoms with van der Waals surface area (Å²) in [5.41, 5.74) is 9.03. The van der Waals surface area contributed by atoms with Crippen LogP contribution in [0.4, 0.5) is 0 Å². The van der Waals surface area contributed by atoms with Crippen molar-refractivity contribution in [3.05, 3.63) is 39.8 Å². The largest absolute Gasteiger partial charge is 0.460 e. The summed E-state index contributed by atoms with van der Waals surface area (Å²) < 4.78 is 5.13. The lowest BCUT2D eigenvalue weighted by Crippen LogP contribution is -2.18. The number of rotatable bonds is 2. The Morgan fingerprint density at radius 1 is 1.50 bits per heavy atom. The predicted octanol–water partition coefficient (Wildman–Crippen LogP) is 1.64. The first-order valence-electron chi connectivity index (χ1n) is 3.76. The molecule has 4 nitrogen and oxygen atoms in total. The fourth-order valence-corrected chi connectivity index (χ4v) is 1.43. The summed E-state index contributed by atoms with van der Waals surface area (Å²) in [4.78, 5) is 14.1. The van der Waals surface area contributed by atoms with E-state index in [1.165, 1.54) is 7.11 Å². The first-order chi connectivity index (χ1) is 6.70. The standard InChI is InChI=1S/C9H7BrN2O2/c1-14-9(13)8(12-11)6-4-2-3-5-7(6)10/h2-5H,1H3. The van der Waals surface area contributed by atoms with Gasteiger partial charge < -0.3 is 10.3 Å². The molecule has 0 saturated carbocycles. The highest BCUT2D eigenvalue weighted by Gasteiger charge is 2.25. The lowest BCUT2D eigenvalue weighted by atomic mass is 10.1. The molecule has 0 spiro atoms. The number of hydrogen-bond donors (Lipinski definition) is 0. The summed E-state index contributed by atoms with van der Waals surface area (Å²) >= 11 is 3.24. The third-order valence-corrected chi connectivity index (χ3v) is 2.30. The van der Waals surface area contributed by atoms with E-state index in [-0.39, 0.29) is 5.71 Å². The van der Waals surface area contributed by atoms with Crippen LogP contribution in [0, 0.1) is 0 Å². The number of hydrogen-bond acceptors (Lipinski definition) is 2. The van der Waals surface area contributed by atoms with E-state index in [4.69, 9.17) is 5.53 Å². The molecule has 0 aliphatic carbocycles. The van der Waals surface area contributed by atoms with Crippen LogP contribution in [0.5, 0.6) is 0 Å². The summed E-state index contributed by atoms with van der Waals surface area (Å²) in [6.07, 6.45) is 0. The average molecular weight is 255 g/mol. The first kappa shape index (κ1) is 10.6. The molecule has 0 fully saturated rings. The van der Waals surface area contributed by atoms with Gasteiger partial charge in [-0.15, -0.1) is 0 Å². The maximum Gasteiger partial charge on any atom is 0.422 e. The second-order valence-corrected chi connectivity index (χ2v) is 3.27. The highest BCUT2D eigenvalue weighted by atomic mass is 79.9. The maximum atomic E-state index is 11.2. The zero-order valence-corrected chi connectivity index (χ0v) is 8.98. The van der Waals surface area contributed by atoms with Crippen LogP contribution in [0.2, 0.25) is 0 Å². The molecular weight excluding hydrogens is 248 g/mol. The molecule has 0 saturated heterocycles. The number of halogens is 1. The summed E-state index contributed by atoms with van der Waals surface area (Å²) in [5, 5.41) is 0. The minimum atomic E-state index is -0.681. The monoisotopic (exact) mass is 254 g/mol. The van der Waals surface area contributed by atoms with Crippen molar-refractivity contribution in [3.63, 3.8) is 0 Å². The molecule has 0 N–H and O–H groups in total. The van der Waals surface area contributed by atoms with Crippen LogP contribution in [0.1, 0.15) is 5.56 Å². The van der Waals surface area contributed by atoms with Gasteiger partial charge in [-0.2, -0.15) is 4.79 Å². The van der Waals surface area contributed by atoms with E-state index in [1.807, 2.05) is 0 Å². The van der Waals surface area contributed by atoms with Crippen LogP contribution < -0.4 is 0 Å². The van der Waals surface area contributed by atoms with Crippen LogP contribution in [-0.4, -0.2) is 23.6 Å². The number of carbonyl (C=O) groups is 1. The molecule has 0 bridgehead atoms. The van der Waals surface area contributed by atoms with Crippen molar-refractivity contribution in [3.8, 4) is 0 Å². The molecule has 14 heavy (non-hydrogen) atoms. The molecule has 1 aromatic rings. The van der Waals surface area contributed by atoms with E-state index in [1.54, 1.807) is 24.3 Å². The fraction of sp³-hybridized carbons (Fsp3) is 0.111. The molecule has 0 amide bonds. The summed E-state index contributed by atoms with van der Waals surface area (Å²) in [6, 6.07) is 6.91. The molecule has 0 aliphatic heterocycles. The third-order valence-electron chi connectivity index (χ3n) is 1.61. The molecule has 1 rings (SSSR count). The van der Waals surface area contributed by atoms with Gasteiger partial charge in [0.05, 0.1) is 12.7 Å². The molecule has 0 atom stereocenters. The van der Waals surface area contributed by atoms with Gasteiger partial charge in [-0.05, 0) is 28.1 Å². The normalized spacial score (nSPS) is 9.00. The molecule has 0 unspecified atom stereocenters. The van der Waals surface area contributed by atoms with Crippen LogP contribution in [0.3, 0.4) is 0 Å². The van der Waals surface area contributed by atoms with E-state index in [2.05, 4.69) is 25.5 Å². The van der Waals surface area contributed by atoms with Gasteiger partial charge in [-0.3, -0.25) is 0 Å². The van der Waals surface area contributed by atoms with Gasteiger partial charge in [0.25, 0.3) is 0 Å². The van der Waals surface area contributed by atoms with Gasteiger partial charge in [0.1, 0.15) is 0 Å². The van der Waals surface area contributed by atoms with Crippen LogP contribution in [-0.2, 0) is 9.53 Å². The average Bonchev–Trinajstić information content (AvgIpc) is 2.21. The quantitative estimate of drug-likeness (QED) is 0.349. The number of benzene rings is 1. The van der Waals surface area contributed by atoms with Crippen LogP contribution >= 0.6 is 15.9 Å². The minimum absolute atomic E-state index is 0.125. The molecule has 0 heterocycles. The van der Waals surface area contributed by atoms with Crippen molar-refractivity contribution in [2.45, 2.75) is 0 Å². The van der Waals surface area contributed by atoms with E-state index < -0.39 is 5.97 Å². The number of carbonyl (C=O) groups excluding carboxylic acids is 1. The van der Waals surface area contributed by atoms with E-state index >= 15 is 0 Å². The molecule has 5 heteroatoms. The fourth-order valence-electron chi connectivity index (χ4n) is 0.955. The minimum Gasteiger partial charge on any atom is -0.460 e. The molecule has 0 aromatic heterocycles. The number of nitrogens with zero attached hydrogens (tertiary/aromatic N) is 2. The van der Waals surface area contributed by atoms with Crippen molar-refractivity contribution >= 4 is 27.6 Å². The zero-order chi connectivity index (χ0) is 10.6. The Balaban J connectivity index is 3.22. The molecular formula is C9H7BrN2O2. The van der Waals surface area contributed by atoms with E-state index in [0.717, 1.165) is 0 Å². The van der Waals surface area contributed by atoms with Crippen molar-refractivity contribution in [1.29, 1.82) is 0 Å². The Morgan fingerprint density at radius 3 is 2.64 bits per heavy atom. The number of esters is 1. The van der Waals surface area contributed by atoms with Gasteiger partial charge in [0.2, 0.25) is 0 Å². The third kappa shape index (κ3) is 2.07. The topological polar surface area (TPSA) is 62.7 Å². The Morgan fingerprint density at radius 2 is 2.14 bits per heavy atom. The smallest absolute Gasteiger partial charge is 0.422 e. The lowest BCUT2D eigenvalue weighted by Gasteiger charge is -1.97. The van der Waals surface area contributed by atoms with Gasteiger partial charge in [-0.1, -0.05) is 12.1 Å². The predicted molar refractivity (Wildman–Crippen MR) is 53.9 cm³/mol. The Kier molecular flexibility index (Phi) is 3.56. The molecule has 1 aromatic carbocycles. The SMILES string of the molecule is COC(=O)C(=[N+]=[N-])c1ccccc1Br. The Labute approximate surface area is 89.3 Å². The summed E-state index contributed by atoms with van der Waals surface area (Å²) in [5.74, 6) is -0.681. The van der Waals surface area contributed by atoms with Crippen molar-refractivity contribution in [2.24, 2.45) is 0 Å². The number of ether oxygens (including phenoxy) is 1. The van der Waals surface area contributed by atoms with Gasteiger partial charge >= 0.3 is 11.7 Å². The second-order valence-electron chi connectivity index (χ2n) is 2.42. The van der Waals surface area contributed by atoms with Gasteiger partial charge in [-0.25, -0.2) is 4.79 Å². The second kappa shape index (κ2) is 4.69. The van der Waals surface area contributed by atoms with Crippen molar-refractivity contribution in [2.75, 3.05) is 7.11 Å². The van der Waals surface area contributed by atoms with Gasteiger partial charge in [0.15, 0.2) is 0 Å². The highest BCUT2D eigenvalue weighted by molar-refractivity contribution is 9.10. The van der Waals surface area contributed by atoms with E-state index in [9.17, 15) is 4.79 Å². The van der Waals surface area contributed by atoms with Crippen LogP contribution in [0.15, 0.2) is 28.7 Å². The maximum absolute atomic E-state index is 11.2. The van der Waals surface area contributed by atoms with E-state index in [0.29, 0.717) is 10.0 Å². The highest BCUT2D eigenvalue weighted by Crippen LogP contribution is 2.16. The Bertz CT molecular complexity index is 411. The van der Waals surface area contributed by atoms with Crippen LogP contribution in [0.25, 0.3) is 5.53 Å². The Hall–Kier alpha value is -1.45. The summed E-state index contributed by atoms with van der Waals surface area (Å²) in [7, 11) is 1.23. The van der Waals surface area contributed by atoms with Crippen molar-refractivity contribution < 1.29 is 14.3 Å². The van der Waals surface area contributed by atoms with Crippen molar-refractivity contribution in [1.82, 2.24) is 0 Å². The lowest BCUT2D eigenvalue weighted by molar-refractivity contribution is -0.137. The number of methoxy groups -OCH3 is 1. The molecule has 72 valence electrons. The van der Waals surface area contributed by atoms with Gasteiger partial charge in [0, 0.05) is 4.47 Å². The molecule has 0 radical (unpaired) electrons. The first-order valence-corrected chi connectivity index (χ1v) is 4.55. The molecule has 0 aliphatic rings. The zero-order valence-electron chi connectivity index (χ0n) is 7.40.